The van der Waals surface area contributed by atoms with Gasteiger partial charge in [-0.1, -0.05) is 0 Å². The predicted octanol–water partition coefficient (Wildman–Crippen LogP) is 1.55. The van der Waals surface area contributed by atoms with Gasteiger partial charge >= 0.3 is 0 Å². The zero-order chi connectivity index (χ0) is 13.4. The topological polar surface area (TPSA) is 85.3 Å². The van der Waals surface area contributed by atoms with E-state index in [1.54, 1.807) is 6.07 Å². The molecule has 0 bridgehead atoms. The maximum absolute atomic E-state index is 10.8. The van der Waals surface area contributed by atoms with Crippen molar-refractivity contribution in [2.75, 3.05) is 18.0 Å². The van der Waals surface area contributed by atoms with Gasteiger partial charge in [-0.15, -0.1) is 0 Å². The highest BCUT2D eigenvalue weighted by atomic mass is 16.6. The van der Waals surface area contributed by atoms with Crippen LogP contribution in [-0.4, -0.2) is 29.0 Å². The summed E-state index contributed by atoms with van der Waals surface area (Å²) in [5, 5.41) is 10.8. The Kier molecular flexibility index (Phi) is 3.10. The van der Waals surface area contributed by atoms with E-state index in [1.165, 1.54) is 12.3 Å². The fourth-order valence-electron chi connectivity index (χ4n) is 3.35. The van der Waals surface area contributed by atoms with Gasteiger partial charge in [0.1, 0.15) is 5.82 Å². The molecule has 2 aliphatic rings. The van der Waals surface area contributed by atoms with E-state index in [1.807, 2.05) is 0 Å². The Hall–Kier alpha value is -1.69. The molecule has 1 aliphatic carbocycles. The maximum atomic E-state index is 10.8. The molecule has 1 aromatic rings. The van der Waals surface area contributed by atoms with Gasteiger partial charge in [-0.2, -0.15) is 0 Å². The summed E-state index contributed by atoms with van der Waals surface area (Å²) in [7, 11) is 0. The first kappa shape index (κ1) is 12.3. The molecule has 1 unspecified atom stereocenters. The monoisotopic (exact) mass is 262 g/mol. The molecule has 0 aromatic carbocycles. The Morgan fingerprint density at radius 3 is 2.95 bits per heavy atom. The lowest BCUT2D eigenvalue weighted by Crippen LogP contribution is -2.32. The van der Waals surface area contributed by atoms with Crippen LogP contribution in [0.3, 0.4) is 0 Å². The van der Waals surface area contributed by atoms with E-state index in [4.69, 9.17) is 5.73 Å². The van der Waals surface area contributed by atoms with Gasteiger partial charge in [-0.25, -0.2) is 4.98 Å². The van der Waals surface area contributed by atoms with Crippen molar-refractivity contribution in [3.05, 3.63) is 28.4 Å². The third kappa shape index (κ3) is 2.40. The van der Waals surface area contributed by atoms with E-state index in [0.717, 1.165) is 38.2 Å². The largest absolute Gasteiger partial charge is 0.356 e. The van der Waals surface area contributed by atoms with Gasteiger partial charge in [0, 0.05) is 31.4 Å². The minimum Gasteiger partial charge on any atom is -0.356 e. The van der Waals surface area contributed by atoms with Crippen molar-refractivity contribution in [3.63, 3.8) is 0 Å². The summed E-state index contributed by atoms with van der Waals surface area (Å²) in [6, 6.07) is 3.32. The molecule has 1 saturated carbocycles. The van der Waals surface area contributed by atoms with Crippen LogP contribution in [0.25, 0.3) is 0 Å². The quantitative estimate of drug-likeness (QED) is 0.645. The Morgan fingerprint density at radius 2 is 2.16 bits per heavy atom. The fourth-order valence-corrected chi connectivity index (χ4v) is 3.35. The standard InChI is InChI=1S/C13H18N4O2/c14-11-2-1-9-7-16(8-10(9)5-11)13-6-12(17(18)19)3-4-15-13/h3-4,6,9-11H,1-2,5,7-8,14H2/t9-,10+,11?/m1/s1. The minimum atomic E-state index is -0.371. The van der Waals surface area contributed by atoms with E-state index >= 15 is 0 Å². The SMILES string of the molecule is NC1CC[C@@H]2CN(c3cc([N+](=O)[O-])ccn3)C[C@@H]2C1. The second-order valence-electron chi connectivity index (χ2n) is 5.63. The van der Waals surface area contributed by atoms with Crippen molar-refractivity contribution < 1.29 is 4.92 Å². The van der Waals surface area contributed by atoms with Gasteiger partial charge in [-0.05, 0) is 31.1 Å². The molecule has 3 atom stereocenters. The van der Waals surface area contributed by atoms with Crippen LogP contribution in [0.4, 0.5) is 11.5 Å². The first-order valence-electron chi connectivity index (χ1n) is 6.74. The number of rotatable bonds is 2. The lowest BCUT2D eigenvalue weighted by molar-refractivity contribution is -0.384. The van der Waals surface area contributed by atoms with E-state index in [2.05, 4.69) is 9.88 Å². The van der Waals surface area contributed by atoms with E-state index in [-0.39, 0.29) is 10.6 Å². The smallest absolute Gasteiger partial charge is 0.274 e. The molecule has 2 heterocycles. The molecule has 1 aliphatic heterocycles. The van der Waals surface area contributed by atoms with Gasteiger partial charge in [-0.3, -0.25) is 10.1 Å². The van der Waals surface area contributed by atoms with Crippen LogP contribution < -0.4 is 10.6 Å². The molecular weight excluding hydrogens is 244 g/mol. The van der Waals surface area contributed by atoms with Gasteiger partial charge < -0.3 is 10.6 Å². The number of nitrogens with zero attached hydrogens (tertiary/aromatic N) is 3. The number of pyridine rings is 1. The normalized spacial score (nSPS) is 30.2. The highest BCUT2D eigenvalue weighted by Crippen LogP contribution is 2.37. The molecule has 19 heavy (non-hydrogen) atoms. The predicted molar refractivity (Wildman–Crippen MR) is 71.9 cm³/mol. The molecule has 6 heteroatoms. The minimum absolute atomic E-state index is 0.108. The van der Waals surface area contributed by atoms with Gasteiger partial charge in [0.05, 0.1) is 11.0 Å². The van der Waals surface area contributed by atoms with Crippen LogP contribution in [0.5, 0.6) is 0 Å². The Bertz CT molecular complexity index is 493. The van der Waals surface area contributed by atoms with Crippen LogP contribution >= 0.6 is 0 Å². The number of aromatic nitrogens is 1. The van der Waals surface area contributed by atoms with E-state index < -0.39 is 0 Å². The molecule has 3 rings (SSSR count). The number of hydrogen-bond acceptors (Lipinski definition) is 5. The number of nitro groups is 1. The highest BCUT2D eigenvalue weighted by Gasteiger charge is 2.37. The van der Waals surface area contributed by atoms with Gasteiger partial charge in [0.2, 0.25) is 0 Å². The van der Waals surface area contributed by atoms with Crippen LogP contribution in [0, 0.1) is 22.0 Å². The lowest BCUT2D eigenvalue weighted by Gasteiger charge is -2.27. The van der Waals surface area contributed by atoms with Crippen molar-refractivity contribution in [2.45, 2.75) is 25.3 Å². The molecule has 1 saturated heterocycles. The maximum Gasteiger partial charge on any atom is 0.274 e. The molecule has 0 radical (unpaired) electrons. The zero-order valence-electron chi connectivity index (χ0n) is 10.7. The number of fused-ring (bicyclic) bond motifs is 1. The number of anilines is 1. The molecule has 0 spiro atoms. The fraction of sp³-hybridized carbons (Fsp3) is 0.615. The summed E-state index contributed by atoms with van der Waals surface area (Å²) in [4.78, 5) is 16.9. The van der Waals surface area contributed by atoms with Crippen LogP contribution in [0.2, 0.25) is 0 Å². The van der Waals surface area contributed by atoms with Crippen LogP contribution in [0.1, 0.15) is 19.3 Å². The van der Waals surface area contributed by atoms with Crippen molar-refractivity contribution in [3.8, 4) is 0 Å². The average molecular weight is 262 g/mol. The van der Waals surface area contributed by atoms with E-state index in [9.17, 15) is 10.1 Å². The summed E-state index contributed by atoms with van der Waals surface area (Å²) < 4.78 is 0. The molecule has 2 fully saturated rings. The first-order chi connectivity index (χ1) is 9.13. The number of hydrogen-bond donors (Lipinski definition) is 1. The summed E-state index contributed by atoms with van der Waals surface area (Å²) >= 11 is 0. The molecule has 2 N–H and O–H groups in total. The third-order valence-corrected chi connectivity index (χ3v) is 4.35. The third-order valence-electron chi connectivity index (χ3n) is 4.35. The summed E-state index contributed by atoms with van der Waals surface area (Å²) in [5.41, 5.74) is 6.12. The average Bonchev–Trinajstić information content (AvgIpc) is 2.81. The number of nitrogens with two attached hydrogens (primary N) is 1. The van der Waals surface area contributed by atoms with Crippen LogP contribution in [0.15, 0.2) is 18.3 Å². The highest BCUT2D eigenvalue weighted by molar-refractivity contribution is 5.47. The molecule has 6 nitrogen and oxygen atoms in total. The summed E-state index contributed by atoms with van der Waals surface area (Å²) in [6.45, 7) is 1.87. The summed E-state index contributed by atoms with van der Waals surface area (Å²) in [6.07, 6.45) is 4.84. The Labute approximate surface area is 111 Å². The first-order valence-corrected chi connectivity index (χ1v) is 6.74. The molecule has 102 valence electrons. The Morgan fingerprint density at radius 1 is 1.37 bits per heavy atom. The zero-order valence-corrected chi connectivity index (χ0v) is 10.7. The van der Waals surface area contributed by atoms with Crippen molar-refractivity contribution >= 4 is 11.5 Å². The lowest BCUT2D eigenvalue weighted by atomic mass is 9.79. The van der Waals surface area contributed by atoms with Crippen molar-refractivity contribution in [1.82, 2.24) is 4.98 Å². The second kappa shape index (κ2) is 4.77. The second-order valence-corrected chi connectivity index (χ2v) is 5.63. The molecule has 0 amide bonds. The molecule has 1 aromatic heterocycles. The summed E-state index contributed by atoms with van der Waals surface area (Å²) in [5.74, 6) is 2.00. The van der Waals surface area contributed by atoms with E-state index in [0.29, 0.717) is 17.9 Å². The van der Waals surface area contributed by atoms with Crippen molar-refractivity contribution in [2.24, 2.45) is 17.6 Å². The van der Waals surface area contributed by atoms with Gasteiger partial charge in [0.15, 0.2) is 0 Å². The van der Waals surface area contributed by atoms with Crippen molar-refractivity contribution in [1.29, 1.82) is 0 Å². The van der Waals surface area contributed by atoms with Gasteiger partial charge in [0.25, 0.3) is 5.69 Å². The Balaban J connectivity index is 1.77. The van der Waals surface area contributed by atoms with Crippen LogP contribution in [-0.2, 0) is 0 Å². The molecular formula is C13H18N4O2.